The third kappa shape index (κ3) is 1.66. The van der Waals surface area contributed by atoms with E-state index in [0.29, 0.717) is 0 Å². The number of anilines is 1. The van der Waals surface area contributed by atoms with Crippen molar-refractivity contribution >= 4 is 12.0 Å². The van der Waals surface area contributed by atoms with E-state index >= 15 is 0 Å². The van der Waals surface area contributed by atoms with Crippen LogP contribution in [-0.2, 0) is 4.79 Å². The molecule has 1 aromatic rings. The molecule has 0 radical (unpaired) electrons. The molecule has 2 heterocycles. The molecule has 1 aromatic heterocycles. The minimum atomic E-state index is 0.181. The van der Waals surface area contributed by atoms with Gasteiger partial charge in [-0.05, 0) is 6.42 Å². The molecule has 0 N–H and O–H groups in total. The van der Waals surface area contributed by atoms with Crippen molar-refractivity contribution in [3.8, 4) is 0 Å². The Labute approximate surface area is 76.6 Å². The van der Waals surface area contributed by atoms with Gasteiger partial charge in [-0.3, -0.25) is 0 Å². The Morgan fingerprint density at radius 2 is 2.23 bits per heavy atom. The Bertz CT molecular complexity index is 288. The molecule has 68 valence electrons. The Hall–Kier alpha value is -1.45. The summed E-state index contributed by atoms with van der Waals surface area (Å²) in [6, 6.07) is 0. The van der Waals surface area contributed by atoms with Gasteiger partial charge < -0.3 is 9.69 Å². The zero-order chi connectivity index (χ0) is 9.10. The maximum Gasteiger partial charge on any atom is 0.124 e. The van der Waals surface area contributed by atoms with E-state index < -0.39 is 0 Å². The molecule has 1 aliphatic heterocycles. The van der Waals surface area contributed by atoms with Gasteiger partial charge in [0.2, 0.25) is 0 Å². The zero-order valence-corrected chi connectivity index (χ0v) is 7.26. The minimum absolute atomic E-state index is 0.181. The molecular weight excluding hydrogens is 166 g/mol. The monoisotopic (exact) mass is 177 g/mol. The first-order chi connectivity index (χ1) is 6.40. The van der Waals surface area contributed by atoms with Crippen LogP contribution in [0, 0.1) is 5.92 Å². The largest absolute Gasteiger partial charge is 0.368 e. The van der Waals surface area contributed by atoms with E-state index in [1.165, 1.54) is 6.33 Å². The van der Waals surface area contributed by atoms with Crippen LogP contribution in [-0.4, -0.2) is 29.3 Å². The molecule has 13 heavy (non-hydrogen) atoms. The number of nitrogens with zero attached hydrogens (tertiary/aromatic N) is 3. The summed E-state index contributed by atoms with van der Waals surface area (Å²) < 4.78 is 0. The molecule has 0 spiro atoms. The van der Waals surface area contributed by atoms with Gasteiger partial charge in [-0.15, -0.1) is 0 Å². The van der Waals surface area contributed by atoms with Gasteiger partial charge >= 0.3 is 0 Å². The normalized spacial score (nSPS) is 21.8. The fraction of sp³-hybridized carbons (Fsp3) is 0.444. The summed E-state index contributed by atoms with van der Waals surface area (Å²) in [6.07, 6.45) is 7.04. The second-order valence-corrected chi connectivity index (χ2v) is 3.23. The smallest absolute Gasteiger partial charge is 0.124 e. The number of aromatic nitrogens is 2. The van der Waals surface area contributed by atoms with Gasteiger partial charge in [-0.25, -0.2) is 9.97 Å². The SMILES string of the molecule is O=C[C@@H]1CCN(c2cncnc2)C1. The molecule has 4 heteroatoms. The molecule has 0 aliphatic carbocycles. The molecule has 2 rings (SSSR count). The van der Waals surface area contributed by atoms with E-state index in [-0.39, 0.29) is 5.92 Å². The maximum absolute atomic E-state index is 10.5. The predicted octanol–water partition coefficient (Wildman–Crippen LogP) is 0.502. The summed E-state index contributed by atoms with van der Waals surface area (Å²) in [5, 5.41) is 0. The highest BCUT2D eigenvalue weighted by molar-refractivity contribution is 5.57. The van der Waals surface area contributed by atoms with Gasteiger partial charge in [0.1, 0.15) is 12.6 Å². The van der Waals surface area contributed by atoms with E-state index in [1.807, 2.05) is 0 Å². The maximum atomic E-state index is 10.5. The van der Waals surface area contributed by atoms with Gasteiger partial charge in [0.15, 0.2) is 0 Å². The first kappa shape index (κ1) is 8.16. The number of carbonyl (C=O) groups is 1. The lowest BCUT2D eigenvalue weighted by molar-refractivity contribution is -0.110. The second kappa shape index (κ2) is 3.51. The van der Waals surface area contributed by atoms with Crippen LogP contribution >= 0.6 is 0 Å². The Balaban J connectivity index is 2.08. The number of carbonyl (C=O) groups excluding carboxylic acids is 1. The topological polar surface area (TPSA) is 46.1 Å². The van der Waals surface area contributed by atoms with Crippen LogP contribution in [0.4, 0.5) is 5.69 Å². The fourth-order valence-electron chi connectivity index (χ4n) is 1.59. The third-order valence-electron chi connectivity index (χ3n) is 2.33. The van der Waals surface area contributed by atoms with Crippen molar-refractivity contribution in [3.63, 3.8) is 0 Å². The summed E-state index contributed by atoms with van der Waals surface area (Å²) in [4.78, 5) is 20.5. The van der Waals surface area contributed by atoms with Crippen molar-refractivity contribution in [2.45, 2.75) is 6.42 Å². The molecule has 1 aliphatic rings. The molecule has 0 amide bonds. The van der Waals surface area contributed by atoms with Gasteiger partial charge in [-0.1, -0.05) is 0 Å². The molecule has 1 atom stereocenters. The van der Waals surface area contributed by atoms with Crippen LogP contribution in [0.25, 0.3) is 0 Å². The molecule has 0 aromatic carbocycles. The summed E-state index contributed by atoms with van der Waals surface area (Å²) >= 11 is 0. The highest BCUT2D eigenvalue weighted by Gasteiger charge is 2.21. The molecule has 1 saturated heterocycles. The van der Waals surface area contributed by atoms with E-state index in [1.54, 1.807) is 12.4 Å². The van der Waals surface area contributed by atoms with Gasteiger partial charge in [0.05, 0.1) is 18.1 Å². The van der Waals surface area contributed by atoms with Crippen molar-refractivity contribution in [1.82, 2.24) is 9.97 Å². The van der Waals surface area contributed by atoms with Crippen LogP contribution < -0.4 is 4.90 Å². The fourth-order valence-corrected chi connectivity index (χ4v) is 1.59. The summed E-state index contributed by atoms with van der Waals surface area (Å²) in [5.74, 6) is 0.181. The van der Waals surface area contributed by atoms with Crippen LogP contribution in [0.1, 0.15) is 6.42 Å². The lowest BCUT2D eigenvalue weighted by Gasteiger charge is -2.15. The predicted molar refractivity (Wildman–Crippen MR) is 48.4 cm³/mol. The van der Waals surface area contributed by atoms with Crippen LogP contribution in [0.3, 0.4) is 0 Å². The first-order valence-corrected chi connectivity index (χ1v) is 4.35. The minimum Gasteiger partial charge on any atom is -0.368 e. The zero-order valence-electron chi connectivity index (χ0n) is 7.26. The molecule has 0 unspecified atom stereocenters. The molecule has 0 saturated carbocycles. The van der Waals surface area contributed by atoms with Crippen molar-refractivity contribution in [2.24, 2.45) is 5.92 Å². The van der Waals surface area contributed by atoms with Crippen LogP contribution in [0.5, 0.6) is 0 Å². The Kier molecular flexibility index (Phi) is 2.21. The molecule has 4 nitrogen and oxygen atoms in total. The summed E-state index contributed by atoms with van der Waals surface area (Å²) in [6.45, 7) is 1.73. The number of aldehydes is 1. The van der Waals surface area contributed by atoms with Gasteiger partial charge in [-0.2, -0.15) is 0 Å². The number of rotatable bonds is 2. The highest BCUT2D eigenvalue weighted by Crippen LogP contribution is 2.20. The van der Waals surface area contributed by atoms with Crippen molar-refractivity contribution in [2.75, 3.05) is 18.0 Å². The lowest BCUT2D eigenvalue weighted by atomic mass is 10.1. The number of hydrogen-bond acceptors (Lipinski definition) is 4. The Morgan fingerprint density at radius 3 is 2.85 bits per heavy atom. The number of hydrogen-bond donors (Lipinski definition) is 0. The second-order valence-electron chi connectivity index (χ2n) is 3.23. The van der Waals surface area contributed by atoms with E-state index in [2.05, 4.69) is 14.9 Å². The Morgan fingerprint density at radius 1 is 1.46 bits per heavy atom. The standard InChI is InChI=1S/C9H11N3O/c13-6-8-1-2-12(5-8)9-3-10-7-11-4-9/h3-4,6-8H,1-2,5H2/t8-/m1/s1. The lowest BCUT2D eigenvalue weighted by Crippen LogP contribution is -2.20. The third-order valence-corrected chi connectivity index (χ3v) is 2.33. The van der Waals surface area contributed by atoms with Crippen LogP contribution in [0.2, 0.25) is 0 Å². The molecular formula is C9H11N3O. The summed E-state index contributed by atoms with van der Waals surface area (Å²) in [5.41, 5.74) is 1.01. The van der Waals surface area contributed by atoms with E-state index in [0.717, 1.165) is 31.5 Å². The first-order valence-electron chi connectivity index (χ1n) is 4.35. The van der Waals surface area contributed by atoms with Crippen molar-refractivity contribution in [3.05, 3.63) is 18.7 Å². The van der Waals surface area contributed by atoms with Gasteiger partial charge in [0, 0.05) is 19.0 Å². The van der Waals surface area contributed by atoms with Gasteiger partial charge in [0.25, 0.3) is 0 Å². The molecule has 0 bridgehead atoms. The average molecular weight is 177 g/mol. The van der Waals surface area contributed by atoms with Crippen molar-refractivity contribution < 1.29 is 4.79 Å². The quantitative estimate of drug-likeness (QED) is 0.617. The average Bonchev–Trinajstić information content (AvgIpc) is 2.67. The van der Waals surface area contributed by atoms with Crippen molar-refractivity contribution in [1.29, 1.82) is 0 Å². The van der Waals surface area contributed by atoms with Crippen LogP contribution in [0.15, 0.2) is 18.7 Å². The molecule has 1 fully saturated rings. The summed E-state index contributed by atoms with van der Waals surface area (Å²) in [7, 11) is 0. The highest BCUT2D eigenvalue weighted by atomic mass is 16.1. The van der Waals surface area contributed by atoms with E-state index in [4.69, 9.17) is 0 Å². The van der Waals surface area contributed by atoms with E-state index in [9.17, 15) is 4.79 Å².